The summed E-state index contributed by atoms with van der Waals surface area (Å²) in [5, 5.41) is 0. The lowest BCUT2D eigenvalue weighted by atomic mass is 10.1. The van der Waals surface area contributed by atoms with Gasteiger partial charge >= 0.3 is 0 Å². The zero-order valence-electron chi connectivity index (χ0n) is 11.0. The Morgan fingerprint density at radius 1 is 1.50 bits per heavy atom. The lowest BCUT2D eigenvalue weighted by Gasteiger charge is -2.22. The van der Waals surface area contributed by atoms with Gasteiger partial charge in [-0.05, 0) is 38.3 Å². The molecular formula is C14H22N2O2. The SMILES string of the molecule is CC(N)Cc1ccc(OCC2CCCCO2)cn1. The Hall–Kier alpha value is -1.13. The molecule has 2 unspecified atom stereocenters. The second kappa shape index (κ2) is 6.71. The molecule has 1 saturated heterocycles. The zero-order chi connectivity index (χ0) is 12.8. The van der Waals surface area contributed by atoms with Crippen LogP contribution in [0.1, 0.15) is 31.9 Å². The molecule has 1 aromatic rings. The predicted octanol–water partition coefficient (Wildman–Crippen LogP) is 1.92. The van der Waals surface area contributed by atoms with Gasteiger partial charge < -0.3 is 15.2 Å². The fourth-order valence-corrected chi connectivity index (χ4v) is 2.07. The highest BCUT2D eigenvalue weighted by molar-refractivity contribution is 5.20. The van der Waals surface area contributed by atoms with Gasteiger partial charge in [-0.2, -0.15) is 0 Å². The third kappa shape index (κ3) is 4.27. The molecule has 1 aliphatic heterocycles. The molecule has 0 amide bonds. The quantitative estimate of drug-likeness (QED) is 0.867. The number of nitrogens with zero attached hydrogens (tertiary/aromatic N) is 1. The Bertz CT molecular complexity index is 345. The molecule has 1 aliphatic rings. The van der Waals surface area contributed by atoms with Gasteiger partial charge in [-0.25, -0.2) is 0 Å². The van der Waals surface area contributed by atoms with Crippen LogP contribution in [-0.2, 0) is 11.2 Å². The van der Waals surface area contributed by atoms with E-state index in [-0.39, 0.29) is 12.1 Å². The summed E-state index contributed by atoms with van der Waals surface area (Å²) in [5.41, 5.74) is 6.74. The largest absolute Gasteiger partial charge is 0.489 e. The van der Waals surface area contributed by atoms with Crippen molar-refractivity contribution >= 4 is 0 Å². The molecule has 0 bridgehead atoms. The summed E-state index contributed by atoms with van der Waals surface area (Å²) in [6, 6.07) is 4.06. The van der Waals surface area contributed by atoms with Crippen molar-refractivity contribution in [1.82, 2.24) is 4.98 Å². The summed E-state index contributed by atoms with van der Waals surface area (Å²) in [4.78, 5) is 4.34. The molecule has 100 valence electrons. The molecule has 4 nitrogen and oxygen atoms in total. The van der Waals surface area contributed by atoms with E-state index in [1.54, 1.807) is 6.20 Å². The molecule has 2 atom stereocenters. The van der Waals surface area contributed by atoms with Gasteiger partial charge in [0.25, 0.3) is 0 Å². The van der Waals surface area contributed by atoms with Gasteiger partial charge in [0.2, 0.25) is 0 Å². The lowest BCUT2D eigenvalue weighted by Crippen LogP contribution is -2.25. The van der Waals surface area contributed by atoms with Crippen molar-refractivity contribution in [3.63, 3.8) is 0 Å². The van der Waals surface area contributed by atoms with Crippen molar-refractivity contribution in [3.8, 4) is 5.75 Å². The Balaban J connectivity index is 1.78. The molecule has 1 fully saturated rings. The van der Waals surface area contributed by atoms with E-state index in [1.165, 1.54) is 12.8 Å². The van der Waals surface area contributed by atoms with E-state index in [9.17, 15) is 0 Å². The lowest BCUT2D eigenvalue weighted by molar-refractivity contribution is -0.0111. The normalized spacial score (nSPS) is 21.6. The van der Waals surface area contributed by atoms with Gasteiger partial charge in [0.05, 0.1) is 12.3 Å². The zero-order valence-corrected chi connectivity index (χ0v) is 11.0. The van der Waals surface area contributed by atoms with Crippen LogP contribution in [0.4, 0.5) is 0 Å². The van der Waals surface area contributed by atoms with Crippen LogP contribution in [0.5, 0.6) is 5.75 Å². The molecule has 0 radical (unpaired) electrons. The molecule has 0 aliphatic carbocycles. The van der Waals surface area contributed by atoms with Crippen molar-refractivity contribution in [3.05, 3.63) is 24.0 Å². The highest BCUT2D eigenvalue weighted by Gasteiger charge is 2.14. The van der Waals surface area contributed by atoms with Gasteiger partial charge in [-0.1, -0.05) is 0 Å². The molecule has 0 aromatic carbocycles. The molecular weight excluding hydrogens is 228 g/mol. The van der Waals surface area contributed by atoms with E-state index in [0.717, 1.165) is 30.9 Å². The highest BCUT2D eigenvalue weighted by Crippen LogP contribution is 2.15. The van der Waals surface area contributed by atoms with Crippen molar-refractivity contribution in [2.24, 2.45) is 5.73 Å². The van der Waals surface area contributed by atoms with Gasteiger partial charge in [0.15, 0.2) is 0 Å². The van der Waals surface area contributed by atoms with Gasteiger partial charge in [-0.3, -0.25) is 4.98 Å². The first-order chi connectivity index (χ1) is 8.74. The number of rotatable bonds is 5. The maximum atomic E-state index is 5.73. The Morgan fingerprint density at radius 3 is 3.00 bits per heavy atom. The minimum atomic E-state index is 0.139. The minimum absolute atomic E-state index is 0.139. The number of nitrogens with two attached hydrogens (primary N) is 1. The third-order valence-electron chi connectivity index (χ3n) is 3.04. The minimum Gasteiger partial charge on any atom is -0.489 e. The average Bonchev–Trinajstić information content (AvgIpc) is 2.38. The van der Waals surface area contributed by atoms with Crippen LogP contribution in [0.25, 0.3) is 0 Å². The second-order valence-corrected chi connectivity index (χ2v) is 4.97. The summed E-state index contributed by atoms with van der Waals surface area (Å²) >= 11 is 0. The predicted molar refractivity (Wildman–Crippen MR) is 70.7 cm³/mol. The molecule has 1 aromatic heterocycles. The van der Waals surface area contributed by atoms with E-state index in [2.05, 4.69) is 4.98 Å². The number of aromatic nitrogens is 1. The van der Waals surface area contributed by atoms with Crippen molar-refractivity contribution in [1.29, 1.82) is 0 Å². The molecule has 2 heterocycles. The fourth-order valence-electron chi connectivity index (χ4n) is 2.07. The summed E-state index contributed by atoms with van der Waals surface area (Å²) in [6.45, 7) is 3.46. The van der Waals surface area contributed by atoms with Crippen molar-refractivity contribution in [2.45, 2.75) is 44.8 Å². The van der Waals surface area contributed by atoms with E-state index in [4.69, 9.17) is 15.2 Å². The van der Waals surface area contributed by atoms with E-state index < -0.39 is 0 Å². The number of pyridine rings is 1. The smallest absolute Gasteiger partial charge is 0.137 e. The van der Waals surface area contributed by atoms with E-state index in [1.807, 2.05) is 19.1 Å². The number of ether oxygens (including phenoxy) is 2. The number of hydrogen-bond acceptors (Lipinski definition) is 4. The van der Waals surface area contributed by atoms with Crippen LogP contribution in [0.2, 0.25) is 0 Å². The first kappa shape index (κ1) is 13.3. The van der Waals surface area contributed by atoms with Crippen LogP contribution in [0.3, 0.4) is 0 Å². The average molecular weight is 250 g/mol. The Kier molecular flexibility index (Phi) is 4.96. The molecule has 0 saturated carbocycles. The van der Waals surface area contributed by atoms with Gasteiger partial charge in [0.1, 0.15) is 12.4 Å². The summed E-state index contributed by atoms with van der Waals surface area (Å²) in [6.07, 6.45) is 6.30. The van der Waals surface area contributed by atoms with Gasteiger partial charge in [-0.15, -0.1) is 0 Å². The summed E-state index contributed by atoms with van der Waals surface area (Å²) in [7, 11) is 0. The van der Waals surface area contributed by atoms with E-state index in [0.29, 0.717) is 6.61 Å². The van der Waals surface area contributed by atoms with Crippen LogP contribution in [-0.4, -0.2) is 30.3 Å². The van der Waals surface area contributed by atoms with Crippen LogP contribution >= 0.6 is 0 Å². The maximum absolute atomic E-state index is 5.73. The third-order valence-corrected chi connectivity index (χ3v) is 3.04. The molecule has 0 spiro atoms. The monoisotopic (exact) mass is 250 g/mol. The van der Waals surface area contributed by atoms with Crippen LogP contribution in [0, 0.1) is 0 Å². The fraction of sp³-hybridized carbons (Fsp3) is 0.643. The topological polar surface area (TPSA) is 57.4 Å². The first-order valence-corrected chi connectivity index (χ1v) is 6.69. The van der Waals surface area contributed by atoms with Crippen molar-refractivity contribution < 1.29 is 9.47 Å². The van der Waals surface area contributed by atoms with E-state index >= 15 is 0 Å². The molecule has 2 N–H and O–H groups in total. The number of hydrogen-bond donors (Lipinski definition) is 1. The maximum Gasteiger partial charge on any atom is 0.137 e. The highest BCUT2D eigenvalue weighted by atomic mass is 16.5. The second-order valence-electron chi connectivity index (χ2n) is 4.97. The van der Waals surface area contributed by atoms with Crippen LogP contribution in [0.15, 0.2) is 18.3 Å². The summed E-state index contributed by atoms with van der Waals surface area (Å²) < 4.78 is 11.3. The summed E-state index contributed by atoms with van der Waals surface area (Å²) in [5.74, 6) is 0.803. The standard InChI is InChI=1S/C14H22N2O2/c1-11(15)8-12-5-6-13(9-16-12)18-10-14-4-2-3-7-17-14/h5-6,9,11,14H,2-4,7-8,10,15H2,1H3. The molecule has 4 heteroatoms. The molecule has 2 rings (SSSR count). The Labute approximate surface area is 108 Å². The Morgan fingerprint density at radius 2 is 2.39 bits per heavy atom. The van der Waals surface area contributed by atoms with Crippen LogP contribution < -0.4 is 10.5 Å². The first-order valence-electron chi connectivity index (χ1n) is 6.69. The van der Waals surface area contributed by atoms with Crippen molar-refractivity contribution in [2.75, 3.05) is 13.2 Å². The van der Waals surface area contributed by atoms with Gasteiger partial charge in [0, 0.05) is 24.8 Å². The molecule has 18 heavy (non-hydrogen) atoms.